The Hall–Kier alpha value is -1.31. The molecule has 144 valence electrons. The van der Waals surface area contributed by atoms with Crippen LogP contribution >= 0.6 is 11.6 Å². The highest BCUT2D eigenvalue weighted by Crippen LogP contribution is 2.25. The number of benzene rings is 1. The van der Waals surface area contributed by atoms with Crippen LogP contribution in [0.1, 0.15) is 26.2 Å². The summed E-state index contributed by atoms with van der Waals surface area (Å²) in [5, 5.41) is 0.706. The summed E-state index contributed by atoms with van der Waals surface area (Å²) in [6.45, 7) is 5.01. The van der Waals surface area contributed by atoms with Gasteiger partial charge in [0, 0.05) is 43.4 Å². The first-order valence-corrected chi connectivity index (χ1v) is 11.2. The van der Waals surface area contributed by atoms with Crippen LogP contribution in [0.3, 0.4) is 0 Å². The van der Waals surface area contributed by atoms with Crippen molar-refractivity contribution in [3.8, 4) is 0 Å². The zero-order valence-electron chi connectivity index (χ0n) is 15.1. The minimum absolute atomic E-state index is 0.0436. The van der Waals surface area contributed by atoms with Gasteiger partial charge in [0.1, 0.15) is 6.04 Å². The summed E-state index contributed by atoms with van der Waals surface area (Å²) in [4.78, 5) is 17.0. The molecule has 0 aromatic heterocycles. The van der Waals surface area contributed by atoms with Crippen molar-refractivity contribution in [2.75, 3.05) is 43.4 Å². The van der Waals surface area contributed by atoms with E-state index in [-0.39, 0.29) is 11.7 Å². The monoisotopic (exact) mass is 399 g/mol. The summed E-state index contributed by atoms with van der Waals surface area (Å²) < 4.78 is 26.3. The highest BCUT2D eigenvalue weighted by Gasteiger charge is 2.40. The fourth-order valence-corrected chi connectivity index (χ4v) is 5.61. The second-order valence-corrected chi connectivity index (χ2v) is 9.35. The van der Waals surface area contributed by atoms with E-state index in [9.17, 15) is 13.2 Å². The molecule has 1 amide bonds. The molecule has 2 aliphatic heterocycles. The molecule has 6 nitrogen and oxygen atoms in total. The molecule has 2 fully saturated rings. The van der Waals surface area contributed by atoms with Gasteiger partial charge in [0.25, 0.3) is 0 Å². The fourth-order valence-electron chi connectivity index (χ4n) is 3.74. The molecule has 1 unspecified atom stereocenters. The topological polar surface area (TPSA) is 60.9 Å². The van der Waals surface area contributed by atoms with Gasteiger partial charge in [-0.1, -0.05) is 18.5 Å². The maximum absolute atomic E-state index is 12.9. The fraction of sp³-hybridized carbons (Fsp3) is 0.611. The van der Waals surface area contributed by atoms with Crippen LogP contribution < -0.4 is 4.90 Å². The van der Waals surface area contributed by atoms with Crippen molar-refractivity contribution in [2.45, 2.75) is 32.2 Å². The highest BCUT2D eigenvalue weighted by atomic mass is 35.5. The molecule has 1 atom stereocenters. The quantitative estimate of drug-likeness (QED) is 0.761. The van der Waals surface area contributed by atoms with Crippen LogP contribution in [0.15, 0.2) is 24.3 Å². The molecular weight excluding hydrogens is 374 g/mol. The number of sulfonamides is 1. The lowest BCUT2D eigenvalue weighted by Gasteiger charge is -2.38. The number of nitrogens with zero attached hydrogens (tertiary/aromatic N) is 3. The minimum Gasteiger partial charge on any atom is -0.368 e. The van der Waals surface area contributed by atoms with E-state index in [0.717, 1.165) is 25.2 Å². The summed E-state index contributed by atoms with van der Waals surface area (Å²) in [5.74, 6) is 0.0686. The molecule has 1 aromatic rings. The van der Waals surface area contributed by atoms with E-state index in [1.807, 2.05) is 36.1 Å². The Morgan fingerprint density at radius 1 is 1.12 bits per heavy atom. The van der Waals surface area contributed by atoms with E-state index < -0.39 is 16.1 Å². The normalized spacial score (nSPS) is 22.0. The van der Waals surface area contributed by atoms with E-state index in [1.165, 1.54) is 4.31 Å². The van der Waals surface area contributed by atoms with Gasteiger partial charge in [0.2, 0.25) is 15.9 Å². The predicted octanol–water partition coefficient (Wildman–Crippen LogP) is 2.19. The summed E-state index contributed by atoms with van der Waals surface area (Å²) in [6, 6.07) is 7.17. The number of amides is 1. The lowest BCUT2D eigenvalue weighted by Crippen LogP contribution is -2.54. The molecular formula is C18H26ClN3O3S. The Bertz CT molecular complexity index is 731. The Balaban J connectivity index is 1.62. The van der Waals surface area contributed by atoms with Gasteiger partial charge in [-0.25, -0.2) is 8.42 Å². The maximum Gasteiger partial charge on any atom is 0.241 e. The molecule has 0 N–H and O–H groups in total. The molecule has 26 heavy (non-hydrogen) atoms. The summed E-state index contributed by atoms with van der Waals surface area (Å²) in [7, 11) is -3.34. The van der Waals surface area contributed by atoms with E-state index in [2.05, 4.69) is 4.90 Å². The summed E-state index contributed by atoms with van der Waals surface area (Å²) in [5.41, 5.74) is 1.09. The molecule has 0 bridgehead atoms. The molecule has 8 heteroatoms. The Morgan fingerprint density at radius 3 is 2.38 bits per heavy atom. The number of hydrogen-bond acceptors (Lipinski definition) is 4. The Kier molecular flexibility index (Phi) is 6.10. The zero-order chi connectivity index (χ0) is 18.7. The van der Waals surface area contributed by atoms with Gasteiger partial charge in [0.15, 0.2) is 0 Å². The van der Waals surface area contributed by atoms with Gasteiger partial charge in [-0.2, -0.15) is 4.31 Å². The molecule has 0 radical (unpaired) electrons. The van der Waals surface area contributed by atoms with Crippen LogP contribution in [-0.2, 0) is 14.8 Å². The molecule has 2 heterocycles. The lowest BCUT2D eigenvalue weighted by molar-refractivity contribution is -0.134. The molecule has 0 aliphatic carbocycles. The van der Waals surface area contributed by atoms with E-state index >= 15 is 0 Å². The SMILES string of the molecule is CCCS(=O)(=O)N1CCCC1C(=O)N1CCN(c2ccc(Cl)cc2)CC1. The van der Waals surface area contributed by atoms with Gasteiger partial charge >= 0.3 is 0 Å². The lowest BCUT2D eigenvalue weighted by atomic mass is 10.1. The first-order valence-electron chi connectivity index (χ1n) is 9.21. The predicted molar refractivity (Wildman–Crippen MR) is 104 cm³/mol. The number of rotatable bonds is 5. The number of anilines is 1. The number of piperazine rings is 1. The third-order valence-corrected chi connectivity index (χ3v) is 7.42. The number of halogens is 1. The van der Waals surface area contributed by atoms with Crippen molar-refractivity contribution >= 4 is 33.2 Å². The van der Waals surface area contributed by atoms with Crippen molar-refractivity contribution in [1.29, 1.82) is 0 Å². The van der Waals surface area contributed by atoms with Crippen molar-refractivity contribution in [3.05, 3.63) is 29.3 Å². The van der Waals surface area contributed by atoms with Crippen LogP contribution in [0.25, 0.3) is 0 Å². The molecule has 1 aromatic carbocycles. The van der Waals surface area contributed by atoms with Crippen molar-refractivity contribution in [3.63, 3.8) is 0 Å². The molecule has 3 rings (SSSR count). The van der Waals surface area contributed by atoms with Gasteiger partial charge in [-0.05, 0) is 43.5 Å². The van der Waals surface area contributed by atoms with E-state index in [1.54, 1.807) is 0 Å². The number of carbonyl (C=O) groups is 1. The van der Waals surface area contributed by atoms with E-state index in [0.29, 0.717) is 37.5 Å². The molecule has 0 spiro atoms. The van der Waals surface area contributed by atoms with Gasteiger partial charge in [-0.3, -0.25) is 4.79 Å². The molecule has 0 saturated carbocycles. The number of carbonyl (C=O) groups excluding carboxylic acids is 1. The maximum atomic E-state index is 12.9. The van der Waals surface area contributed by atoms with Gasteiger partial charge in [0.05, 0.1) is 5.75 Å². The third-order valence-electron chi connectivity index (χ3n) is 5.09. The van der Waals surface area contributed by atoms with Crippen molar-refractivity contribution < 1.29 is 13.2 Å². The minimum atomic E-state index is -3.34. The van der Waals surface area contributed by atoms with Crippen molar-refractivity contribution in [2.24, 2.45) is 0 Å². The second-order valence-electron chi connectivity index (χ2n) is 6.87. The smallest absolute Gasteiger partial charge is 0.241 e. The van der Waals surface area contributed by atoms with E-state index in [4.69, 9.17) is 11.6 Å². The average Bonchev–Trinajstić information content (AvgIpc) is 3.13. The van der Waals surface area contributed by atoms with Crippen LogP contribution in [0.2, 0.25) is 5.02 Å². The number of hydrogen-bond donors (Lipinski definition) is 0. The zero-order valence-corrected chi connectivity index (χ0v) is 16.7. The standard InChI is InChI=1S/C18H26ClN3O3S/c1-2-14-26(24,25)22-9-3-4-17(22)18(23)21-12-10-20(11-13-21)16-7-5-15(19)6-8-16/h5-8,17H,2-4,9-14H2,1H3. The largest absolute Gasteiger partial charge is 0.368 e. The first kappa shape index (κ1) is 19.5. The second kappa shape index (κ2) is 8.15. The van der Waals surface area contributed by atoms with Crippen LogP contribution in [-0.4, -0.2) is 68.0 Å². The van der Waals surface area contributed by atoms with Crippen LogP contribution in [0.5, 0.6) is 0 Å². The highest BCUT2D eigenvalue weighted by molar-refractivity contribution is 7.89. The summed E-state index contributed by atoms with van der Waals surface area (Å²) >= 11 is 5.94. The third kappa shape index (κ3) is 4.15. The van der Waals surface area contributed by atoms with Crippen LogP contribution in [0.4, 0.5) is 5.69 Å². The molecule has 2 saturated heterocycles. The van der Waals surface area contributed by atoms with Gasteiger partial charge in [-0.15, -0.1) is 0 Å². The Labute approximate surface area is 160 Å². The average molecular weight is 400 g/mol. The summed E-state index contributed by atoms with van der Waals surface area (Å²) in [6.07, 6.45) is 1.95. The van der Waals surface area contributed by atoms with Crippen molar-refractivity contribution in [1.82, 2.24) is 9.21 Å². The van der Waals surface area contributed by atoms with Crippen LogP contribution in [0, 0.1) is 0 Å². The first-order chi connectivity index (χ1) is 12.4. The molecule has 2 aliphatic rings. The van der Waals surface area contributed by atoms with Gasteiger partial charge < -0.3 is 9.80 Å². The Morgan fingerprint density at radius 2 is 1.77 bits per heavy atom.